The van der Waals surface area contributed by atoms with Gasteiger partial charge in [0.05, 0.1) is 5.69 Å². The summed E-state index contributed by atoms with van der Waals surface area (Å²) in [7, 11) is 0. The first kappa shape index (κ1) is 29.3. The van der Waals surface area contributed by atoms with E-state index >= 15 is 0 Å². The van der Waals surface area contributed by atoms with Crippen LogP contribution in [0.25, 0.3) is 44.2 Å². The van der Waals surface area contributed by atoms with Crippen LogP contribution < -0.4 is 4.90 Å². The molecule has 0 aliphatic heterocycles. The van der Waals surface area contributed by atoms with E-state index in [0.29, 0.717) is 0 Å². The van der Waals surface area contributed by atoms with Gasteiger partial charge in [0, 0.05) is 27.8 Å². The summed E-state index contributed by atoms with van der Waals surface area (Å²) < 4.78 is 0. The summed E-state index contributed by atoms with van der Waals surface area (Å²) in [6, 6.07) is 57.5. The number of hydrogen-bond donors (Lipinski definition) is 0. The van der Waals surface area contributed by atoms with Gasteiger partial charge in [0.25, 0.3) is 0 Å². The molecule has 0 heterocycles. The molecule has 2 saturated carbocycles. The molecule has 1 spiro atoms. The summed E-state index contributed by atoms with van der Waals surface area (Å²) in [4.78, 5) is 2.56. The monoisotopic (exact) mass is 655 g/mol. The molecule has 51 heavy (non-hydrogen) atoms. The molecule has 4 aliphatic rings. The Labute approximate surface area is 301 Å². The van der Waals surface area contributed by atoms with E-state index in [0.717, 1.165) is 11.8 Å². The largest absolute Gasteiger partial charge is 0.310 e. The molecule has 0 radical (unpaired) electrons. The van der Waals surface area contributed by atoms with Gasteiger partial charge in [-0.15, -0.1) is 0 Å². The van der Waals surface area contributed by atoms with Crippen molar-refractivity contribution < 1.29 is 0 Å². The summed E-state index contributed by atoms with van der Waals surface area (Å²) in [5.74, 6) is 1.58. The van der Waals surface area contributed by atoms with Gasteiger partial charge in [-0.3, -0.25) is 0 Å². The second-order valence-electron chi connectivity index (χ2n) is 16.1. The Bertz CT molecular complexity index is 2540. The normalized spacial score (nSPS) is 21.5. The number of hydrogen-bond acceptors (Lipinski definition) is 1. The molecule has 0 amide bonds. The minimum atomic E-state index is -0.0775. The van der Waals surface area contributed by atoms with Crippen LogP contribution in [0.4, 0.5) is 17.1 Å². The number of anilines is 3. The lowest BCUT2D eigenvalue weighted by Crippen LogP contribution is -2.31. The van der Waals surface area contributed by atoms with E-state index in [1.165, 1.54) is 98.0 Å². The zero-order valence-corrected chi connectivity index (χ0v) is 29.4. The second kappa shape index (κ2) is 10.6. The molecule has 4 aliphatic carbocycles. The van der Waals surface area contributed by atoms with Crippen molar-refractivity contribution in [3.05, 3.63) is 174 Å². The Hall–Kier alpha value is -5.40. The van der Waals surface area contributed by atoms with Gasteiger partial charge in [0.2, 0.25) is 0 Å². The molecule has 0 aromatic heterocycles. The molecule has 3 atom stereocenters. The van der Waals surface area contributed by atoms with Gasteiger partial charge in [0.15, 0.2) is 0 Å². The van der Waals surface area contributed by atoms with E-state index in [-0.39, 0.29) is 10.8 Å². The summed E-state index contributed by atoms with van der Waals surface area (Å²) in [5.41, 5.74) is 17.8. The van der Waals surface area contributed by atoms with Gasteiger partial charge in [-0.1, -0.05) is 136 Å². The van der Waals surface area contributed by atoms with E-state index in [1.807, 2.05) is 0 Å². The van der Waals surface area contributed by atoms with Crippen molar-refractivity contribution in [3.63, 3.8) is 0 Å². The lowest BCUT2D eigenvalue weighted by molar-refractivity contribution is 0.327. The Morgan fingerprint density at radius 2 is 1.20 bits per heavy atom. The molecule has 1 nitrogen and oxygen atoms in total. The molecule has 7 aromatic carbocycles. The Morgan fingerprint density at radius 3 is 2.00 bits per heavy atom. The van der Waals surface area contributed by atoms with Gasteiger partial charge >= 0.3 is 0 Å². The Kier molecular flexibility index (Phi) is 6.08. The maximum Gasteiger partial charge on any atom is 0.0543 e. The topological polar surface area (TPSA) is 3.24 Å². The van der Waals surface area contributed by atoms with Crippen molar-refractivity contribution in [3.8, 4) is 33.4 Å². The van der Waals surface area contributed by atoms with Crippen molar-refractivity contribution >= 4 is 27.8 Å². The van der Waals surface area contributed by atoms with Crippen LogP contribution in [0, 0.1) is 11.8 Å². The maximum absolute atomic E-state index is 2.56. The molecule has 2 bridgehead atoms. The van der Waals surface area contributed by atoms with Gasteiger partial charge in [0.1, 0.15) is 0 Å². The fourth-order valence-corrected chi connectivity index (χ4v) is 11.0. The summed E-state index contributed by atoms with van der Waals surface area (Å²) in [6.07, 6.45) is 5.41. The van der Waals surface area contributed by atoms with Crippen LogP contribution in [0.2, 0.25) is 0 Å². The highest BCUT2D eigenvalue weighted by atomic mass is 15.1. The minimum absolute atomic E-state index is 0.0775. The molecule has 1 heteroatoms. The number of fused-ring (bicyclic) bond motifs is 12. The third-order valence-corrected chi connectivity index (χ3v) is 13.3. The highest BCUT2D eigenvalue weighted by Crippen LogP contribution is 2.67. The van der Waals surface area contributed by atoms with Crippen molar-refractivity contribution in [2.45, 2.75) is 50.4 Å². The Balaban J connectivity index is 1.11. The smallest absolute Gasteiger partial charge is 0.0543 e. The first-order valence-corrected chi connectivity index (χ1v) is 18.9. The molecular weight excluding hydrogens is 615 g/mol. The van der Waals surface area contributed by atoms with Gasteiger partial charge < -0.3 is 4.90 Å². The summed E-state index contributed by atoms with van der Waals surface area (Å²) in [5, 5.41) is 2.55. The third-order valence-electron chi connectivity index (χ3n) is 13.3. The van der Waals surface area contributed by atoms with Crippen molar-refractivity contribution in [2.75, 3.05) is 4.90 Å². The van der Waals surface area contributed by atoms with E-state index in [2.05, 4.69) is 170 Å². The molecule has 2 fully saturated rings. The van der Waals surface area contributed by atoms with Gasteiger partial charge in [-0.05, 0) is 128 Å². The standard InChI is InChI=1S/C50H41N/c1-49(2)43-14-7-5-12-40(43)41-27-26-39(30-46(41)49)51(38-24-21-34(22-25-38)36-20-19-33-10-3-4-11-35(33)29-36)47-17-9-16-45-48(47)42-13-6-8-15-44(42)50(45)31-32-18-23-37(50)28-32/h3-17,19-22,24-27,29-30,32,37H,18,23,28,31H2,1-2H3. The van der Waals surface area contributed by atoms with Crippen LogP contribution in [0.1, 0.15) is 61.8 Å². The highest BCUT2D eigenvalue weighted by molar-refractivity contribution is 5.96. The minimum Gasteiger partial charge on any atom is -0.310 e. The zero-order valence-electron chi connectivity index (χ0n) is 29.4. The quantitative estimate of drug-likeness (QED) is 0.182. The fraction of sp³-hybridized carbons (Fsp3) is 0.200. The van der Waals surface area contributed by atoms with E-state index < -0.39 is 0 Å². The van der Waals surface area contributed by atoms with E-state index in [4.69, 9.17) is 0 Å². The zero-order chi connectivity index (χ0) is 33.9. The van der Waals surface area contributed by atoms with Gasteiger partial charge in [-0.2, -0.15) is 0 Å². The van der Waals surface area contributed by atoms with Crippen molar-refractivity contribution in [2.24, 2.45) is 11.8 Å². The predicted molar refractivity (Wildman–Crippen MR) is 213 cm³/mol. The maximum atomic E-state index is 2.56. The van der Waals surface area contributed by atoms with E-state index in [1.54, 1.807) is 11.1 Å². The van der Waals surface area contributed by atoms with Crippen LogP contribution in [-0.4, -0.2) is 0 Å². The molecule has 3 unspecified atom stereocenters. The van der Waals surface area contributed by atoms with Crippen molar-refractivity contribution in [1.29, 1.82) is 0 Å². The van der Waals surface area contributed by atoms with Crippen LogP contribution >= 0.6 is 0 Å². The number of nitrogens with zero attached hydrogens (tertiary/aromatic N) is 1. The first-order chi connectivity index (χ1) is 25.0. The average molecular weight is 656 g/mol. The SMILES string of the molecule is CC1(C)c2ccccc2-c2ccc(N(c3ccc(-c4ccc5ccccc5c4)cc3)c3cccc4c3-c3ccccc3C43CC4CCC3C4)cc21. The number of benzene rings is 7. The highest BCUT2D eigenvalue weighted by Gasteiger charge is 2.57. The average Bonchev–Trinajstić information content (AvgIpc) is 3.92. The van der Waals surface area contributed by atoms with Crippen LogP contribution in [0.15, 0.2) is 152 Å². The Morgan fingerprint density at radius 1 is 0.510 bits per heavy atom. The van der Waals surface area contributed by atoms with Crippen LogP contribution in [-0.2, 0) is 10.8 Å². The molecule has 246 valence electrons. The lowest BCUT2D eigenvalue weighted by atomic mass is 9.67. The second-order valence-corrected chi connectivity index (χ2v) is 16.1. The van der Waals surface area contributed by atoms with Crippen LogP contribution in [0.5, 0.6) is 0 Å². The fourth-order valence-electron chi connectivity index (χ4n) is 11.0. The van der Waals surface area contributed by atoms with Crippen molar-refractivity contribution in [1.82, 2.24) is 0 Å². The first-order valence-electron chi connectivity index (χ1n) is 18.9. The third kappa shape index (κ3) is 4.04. The molecule has 0 saturated heterocycles. The lowest BCUT2D eigenvalue weighted by Gasteiger charge is -2.37. The van der Waals surface area contributed by atoms with Crippen LogP contribution in [0.3, 0.4) is 0 Å². The summed E-state index contributed by atoms with van der Waals surface area (Å²) in [6.45, 7) is 4.78. The molecule has 11 rings (SSSR count). The molecule has 0 N–H and O–H groups in total. The predicted octanol–water partition coefficient (Wildman–Crippen LogP) is 13.4. The number of rotatable bonds is 4. The van der Waals surface area contributed by atoms with Gasteiger partial charge in [-0.25, -0.2) is 0 Å². The summed E-state index contributed by atoms with van der Waals surface area (Å²) >= 11 is 0. The molecule has 7 aromatic rings. The molecular formula is C50H41N. The van der Waals surface area contributed by atoms with E-state index in [9.17, 15) is 0 Å².